The Kier molecular flexibility index (Phi) is 6.71. The molecule has 0 aliphatic rings. The first-order chi connectivity index (χ1) is 17.2. The number of para-hydroxylation sites is 3. The highest BCUT2D eigenvalue weighted by Gasteiger charge is 2.14. The molecule has 0 atom stereocenters. The van der Waals surface area contributed by atoms with E-state index in [1.807, 2.05) is 77.5 Å². The van der Waals surface area contributed by atoms with Gasteiger partial charge in [0.1, 0.15) is 16.8 Å². The van der Waals surface area contributed by atoms with Gasteiger partial charge in [-0.1, -0.05) is 42.5 Å². The van der Waals surface area contributed by atoms with Gasteiger partial charge in [-0.2, -0.15) is 4.57 Å². The third-order valence-corrected chi connectivity index (χ3v) is 5.81. The Hall–Kier alpha value is -4.18. The van der Waals surface area contributed by atoms with E-state index in [-0.39, 0.29) is 5.75 Å². The second-order valence-electron chi connectivity index (χ2n) is 7.75. The molecule has 0 fully saturated rings. The summed E-state index contributed by atoms with van der Waals surface area (Å²) in [5, 5.41) is 12.4. The summed E-state index contributed by atoms with van der Waals surface area (Å²) in [5.41, 5.74) is 2.52. The molecule has 0 aliphatic carbocycles. The van der Waals surface area contributed by atoms with Gasteiger partial charge in [-0.25, -0.2) is 0 Å². The fourth-order valence-corrected chi connectivity index (χ4v) is 4.12. The van der Waals surface area contributed by atoms with Gasteiger partial charge in [0.25, 0.3) is 12.2 Å². The first kappa shape index (κ1) is 22.6. The number of fused-ring (bicyclic) bond motifs is 3. The molecule has 0 bridgehead atoms. The number of phenols is 1. The Morgan fingerprint density at radius 1 is 0.686 bits per heavy atom. The maximum Gasteiger partial charge on any atom is 0.482 e. The Labute approximate surface area is 210 Å². The molecule has 3 aromatic carbocycles. The van der Waals surface area contributed by atoms with Gasteiger partial charge < -0.3 is 13.6 Å². The number of hydrogen-bond acceptors (Lipinski definition) is 5. The maximum atomic E-state index is 9.31. The monoisotopic (exact) mass is 474 g/mol. The van der Waals surface area contributed by atoms with Crippen LogP contribution in [0.25, 0.3) is 32.7 Å². The van der Waals surface area contributed by atoms with E-state index >= 15 is 0 Å². The second kappa shape index (κ2) is 10.4. The van der Waals surface area contributed by atoms with Crippen molar-refractivity contribution in [3.8, 4) is 17.2 Å². The number of benzene rings is 3. The van der Waals surface area contributed by atoms with E-state index in [0.29, 0.717) is 12.2 Å². The average Bonchev–Trinajstić information content (AvgIpc) is 2.92. The van der Waals surface area contributed by atoms with Crippen LogP contribution < -0.4 is 13.1 Å². The van der Waals surface area contributed by atoms with Crippen LogP contribution in [-0.2, 0) is 6.73 Å². The van der Waals surface area contributed by atoms with Crippen molar-refractivity contribution in [2.24, 2.45) is 0 Å². The summed E-state index contributed by atoms with van der Waals surface area (Å²) in [5.74, 6) is 1.79. The molecule has 1 N–H and O–H groups in total. The third kappa shape index (κ3) is 4.87. The number of hydrogen-bond donors (Lipinski definition) is 1. The molecular weight excluding hydrogens is 453 g/mol. The molecule has 0 saturated heterocycles. The highest BCUT2D eigenvalue weighted by atomic mass is 27.1. The lowest BCUT2D eigenvalue weighted by atomic mass is 10.2. The van der Waals surface area contributed by atoms with Crippen LogP contribution >= 0.6 is 0 Å². The molecule has 3 aromatic heterocycles. The zero-order valence-corrected chi connectivity index (χ0v) is 19.9. The molecule has 6 nitrogen and oxygen atoms in total. The smallest absolute Gasteiger partial charge is 0.482 e. The number of phenolic OH excluding ortho intramolecular Hbond substituents is 1. The lowest BCUT2D eigenvalue weighted by molar-refractivity contribution is -0.700. The van der Waals surface area contributed by atoms with Gasteiger partial charge in [0.2, 0.25) is 0 Å². The van der Waals surface area contributed by atoms with Crippen molar-refractivity contribution in [2.45, 2.75) is 6.73 Å². The van der Waals surface area contributed by atoms with Gasteiger partial charge in [-0.15, -0.1) is 0 Å². The van der Waals surface area contributed by atoms with Gasteiger partial charge >= 0.3 is 16.6 Å². The van der Waals surface area contributed by atoms with Gasteiger partial charge in [-0.05, 0) is 42.5 Å². The summed E-state index contributed by atoms with van der Waals surface area (Å²) in [6.45, 7) is 0.373. The quantitative estimate of drug-likeness (QED) is 0.284. The normalized spacial score (nSPS) is 10.6. The lowest BCUT2D eigenvalue weighted by Crippen LogP contribution is -2.37. The van der Waals surface area contributed by atoms with Crippen molar-refractivity contribution in [1.82, 2.24) is 9.97 Å². The van der Waals surface area contributed by atoms with Gasteiger partial charge in [0.05, 0.1) is 5.39 Å². The van der Waals surface area contributed by atoms with Gasteiger partial charge in [0, 0.05) is 29.2 Å². The minimum absolute atomic E-state index is 0.239. The van der Waals surface area contributed by atoms with E-state index in [4.69, 9.17) is 8.53 Å². The number of rotatable bonds is 4. The first-order valence-electron chi connectivity index (χ1n) is 11.0. The molecule has 6 aromatic rings. The number of pyridine rings is 3. The van der Waals surface area contributed by atoms with E-state index < -0.39 is 0 Å². The Bertz CT molecular complexity index is 1610. The highest BCUT2D eigenvalue weighted by molar-refractivity contribution is 6.01. The first-order valence-corrected chi connectivity index (χ1v) is 11.5. The third-order valence-electron chi connectivity index (χ3n) is 5.55. The molecule has 0 amide bonds. The standard InChI is InChI=1S/C19H14N2O2.C9H7NO.Al/c22-16-9-1-6-15-8-4-12-21(19(15)16)13-23-17-10-2-5-14-7-3-11-20-18(14)17;11-8-5-1-3-7-4-2-6-10-9(7)8;/h1-12H,13H2;1-6,11H;/q;;+1. The SMILES string of the molecule is Oc1cccc2cccnc12.[Al][O]c1cccc2ccc[n+](COc3cccc4cccnc34)c12. The lowest BCUT2D eigenvalue weighted by Gasteiger charge is -2.09. The zero-order chi connectivity index (χ0) is 24.0. The number of ether oxygens (including phenoxy) is 1. The van der Waals surface area contributed by atoms with Crippen LogP contribution in [0.1, 0.15) is 0 Å². The minimum atomic E-state index is 0.239. The topological polar surface area (TPSA) is 68.4 Å². The summed E-state index contributed by atoms with van der Waals surface area (Å²) in [6, 6.07) is 29.0. The zero-order valence-electron chi connectivity index (χ0n) is 18.8. The molecule has 0 aliphatic heterocycles. The number of nitrogens with zero attached hydrogens (tertiary/aromatic N) is 3. The van der Waals surface area contributed by atoms with Crippen molar-refractivity contribution in [1.29, 1.82) is 0 Å². The van der Waals surface area contributed by atoms with Crippen molar-refractivity contribution in [3.63, 3.8) is 0 Å². The van der Waals surface area contributed by atoms with Crippen molar-refractivity contribution in [3.05, 3.63) is 110 Å². The summed E-state index contributed by atoms with van der Waals surface area (Å²) in [7, 11) is 0. The predicted octanol–water partition coefficient (Wildman–Crippen LogP) is 5.11. The molecule has 2 radical (unpaired) electrons. The van der Waals surface area contributed by atoms with Crippen molar-refractivity contribution >= 4 is 49.3 Å². The molecule has 0 saturated carbocycles. The average molecular weight is 474 g/mol. The maximum absolute atomic E-state index is 9.31. The molecule has 6 rings (SSSR count). The predicted molar refractivity (Wildman–Crippen MR) is 136 cm³/mol. The summed E-state index contributed by atoms with van der Waals surface area (Å²) in [6.07, 6.45) is 5.43. The van der Waals surface area contributed by atoms with E-state index in [9.17, 15) is 5.11 Å². The van der Waals surface area contributed by atoms with Gasteiger partial charge in [-0.3, -0.25) is 9.97 Å². The van der Waals surface area contributed by atoms with E-state index in [2.05, 4.69) is 38.7 Å². The van der Waals surface area contributed by atoms with Crippen LogP contribution in [0.15, 0.2) is 110 Å². The molecule has 168 valence electrons. The Morgan fingerprint density at radius 2 is 1.29 bits per heavy atom. The number of aromatic hydroxyl groups is 1. The largest absolute Gasteiger partial charge is 0.649 e. The highest BCUT2D eigenvalue weighted by Crippen LogP contribution is 2.24. The van der Waals surface area contributed by atoms with Crippen LogP contribution in [0.3, 0.4) is 0 Å². The molecule has 35 heavy (non-hydrogen) atoms. The molecule has 0 spiro atoms. The van der Waals surface area contributed by atoms with Crippen LogP contribution in [0.4, 0.5) is 0 Å². The van der Waals surface area contributed by atoms with E-state index in [1.165, 1.54) is 0 Å². The van der Waals surface area contributed by atoms with E-state index in [1.54, 1.807) is 24.5 Å². The van der Waals surface area contributed by atoms with Crippen molar-refractivity contribution < 1.29 is 18.2 Å². The second-order valence-corrected chi connectivity index (χ2v) is 7.98. The summed E-state index contributed by atoms with van der Waals surface area (Å²) < 4.78 is 13.5. The molecule has 7 heteroatoms. The number of aromatic nitrogens is 3. The Morgan fingerprint density at radius 3 is 2.03 bits per heavy atom. The molecular formula is C28H21AlN3O3+. The van der Waals surface area contributed by atoms with Crippen LogP contribution in [0.5, 0.6) is 17.2 Å². The fourth-order valence-electron chi connectivity index (χ4n) is 3.93. The van der Waals surface area contributed by atoms with Gasteiger partial charge in [0.15, 0.2) is 17.7 Å². The molecule has 0 unspecified atom stereocenters. The van der Waals surface area contributed by atoms with E-state index in [0.717, 1.165) is 38.7 Å². The van der Waals surface area contributed by atoms with Crippen LogP contribution in [0.2, 0.25) is 0 Å². The van der Waals surface area contributed by atoms with Crippen LogP contribution in [0, 0.1) is 0 Å². The van der Waals surface area contributed by atoms with Crippen molar-refractivity contribution in [2.75, 3.05) is 0 Å². The minimum Gasteiger partial charge on any atom is -0.649 e. The summed E-state index contributed by atoms with van der Waals surface area (Å²) >= 11 is 2.30. The Balaban J connectivity index is 0.000000192. The summed E-state index contributed by atoms with van der Waals surface area (Å²) in [4.78, 5) is 8.46. The molecule has 3 heterocycles. The van der Waals surface area contributed by atoms with Crippen LogP contribution in [-0.4, -0.2) is 31.7 Å². The fraction of sp³-hybridized carbons (Fsp3) is 0.0357.